The molecule has 9 heteroatoms. The van der Waals surface area contributed by atoms with Gasteiger partial charge in [0.2, 0.25) is 0 Å². The zero-order chi connectivity index (χ0) is 25.3. The van der Waals surface area contributed by atoms with Crippen LogP contribution in [0.25, 0.3) is 44.3 Å². The van der Waals surface area contributed by atoms with E-state index < -0.39 is 0 Å². The fraction of sp³-hybridized carbons (Fsp3) is 0.250. The molecular formula is C28H26N6O3. The van der Waals surface area contributed by atoms with Crippen molar-refractivity contribution in [2.24, 2.45) is 0 Å². The number of nitrogens with zero attached hydrogens (tertiary/aromatic N) is 3. The van der Waals surface area contributed by atoms with Gasteiger partial charge in [-0.15, -0.1) is 0 Å². The monoisotopic (exact) mass is 494 g/mol. The summed E-state index contributed by atoms with van der Waals surface area (Å²) in [5.74, 6) is 0.613. The SMILES string of the molecule is C[C@@H]1CC2CN1CCn1[nH]c3c(cccc3c1=O)-c1nc3c(cc(-c4cccc(N)c4)cc3[nH]c1=O)O2. The Kier molecular flexibility index (Phi) is 4.77. The molecule has 1 saturated heterocycles. The van der Waals surface area contributed by atoms with Crippen LogP contribution >= 0.6 is 0 Å². The molecule has 2 aromatic heterocycles. The molecule has 2 unspecified atom stereocenters. The minimum atomic E-state index is -0.336. The molecule has 186 valence electrons. The molecule has 6 bridgehead atoms. The number of benzene rings is 3. The second kappa shape index (κ2) is 8.07. The zero-order valence-corrected chi connectivity index (χ0v) is 20.3. The average molecular weight is 495 g/mol. The van der Waals surface area contributed by atoms with Gasteiger partial charge in [0.15, 0.2) is 0 Å². The first-order valence-corrected chi connectivity index (χ1v) is 12.5. The van der Waals surface area contributed by atoms with Gasteiger partial charge in [-0.05, 0) is 48.4 Å². The van der Waals surface area contributed by atoms with Crippen molar-refractivity contribution in [1.82, 2.24) is 24.6 Å². The van der Waals surface area contributed by atoms with Crippen LogP contribution in [0.4, 0.5) is 5.69 Å². The fourth-order valence-electron chi connectivity index (χ4n) is 5.71. The molecule has 0 amide bonds. The van der Waals surface area contributed by atoms with Gasteiger partial charge in [0.25, 0.3) is 11.1 Å². The molecule has 4 N–H and O–H groups in total. The Hall–Kier alpha value is -4.37. The van der Waals surface area contributed by atoms with Gasteiger partial charge in [0, 0.05) is 36.8 Å². The quantitative estimate of drug-likeness (QED) is 0.307. The highest BCUT2D eigenvalue weighted by Crippen LogP contribution is 2.35. The van der Waals surface area contributed by atoms with E-state index in [2.05, 4.69) is 21.9 Å². The molecular weight excluding hydrogens is 468 g/mol. The summed E-state index contributed by atoms with van der Waals surface area (Å²) < 4.78 is 8.24. The van der Waals surface area contributed by atoms with Crippen LogP contribution in [0.15, 0.2) is 64.2 Å². The maximum atomic E-state index is 13.4. The number of fused-ring (bicyclic) bond motifs is 5. The molecule has 0 radical (unpaired) electrons. The van der Waals surface area contributed by atoms with E-state index in [1.165, 1.54) is 0 Å². The third-order valence-electron chi connectivity index (χ3n) is 7.59. The zero-order valence-electron chi connectivity index (χ0n) is 20.3. The first-order valence-electron chi connectivity index (χ1n) is 12.5. The standard InChI is InChI=1S/C28H26N6O3/c1-15-10-19-14-33(15)8-9-34-28(36)21-7-3-6-20(24(21)32-34)25-27(35)30-22-12-17(13-23(37-19)26(22)31-25)16-4-2-5-18(29)11-16/h2-7,11-13,15,19,32H,8-10,14,29H2,1H3,(H,30,35)/t15-,19?/m1/s1. The summed E-state index contributed by atoms with van der Waals surface area (Å²) in [6.45, 7) is 4.15. The first-order chi connectivity index (χ1) is 17.9. The highest BCUT2D eigenvalue weighted by molar-refractivity contribution is 5.94. The minimum Gasteiger partial charge on any atom is -0.487 e. The lowest BCUT2D eigenvalue weighted by molar-refractivity contribution is 0.195. The Morgan fingerprint density at radius 2 is 1.92 bits per heavy atom. The van der Waals surface area contributed by atoms with Crippen molar-refractivity contribution in [3.63, 3.8) is 0 Å². The third kappa shape index (κ3) is 3.54. The summed E-state index contributed by atoms with van der Waals surface area (Å²) in [4.78, 5) is 36.7. The summed E-state index contributed by atoms with van der Waals surface area (Å²) in [5, 5.41) is 3.78. The molecule has 0 aliphatic carbocycles. The van der Waals surface area contributed by atoms with Crippen molar-refractivity contribution in [2.75, 3.05) is 18.8 Å². The normalized spacial score (nSPS) is 20.9. The number of para-hydroxylation sites is 1. The van der Waals surface area contributed by atoms with E-state index >= 15 is 0 Å². The smallest absolute Gasteiger partial charge is 0.275 e. The number of nitrogens with two attached hydrogens (primary N) is 1. The van der Waals surface area contributed by atoms with E-state index in [1.807, 2.05) is 42.5 Å². The summed E-state index contributed by atoms with van der Waals surface area (Å²) in [6.07, 6.45) is 0.804. The Balaban J connectivity index is 1.52. The van der Waals surface area contributed by atoms with Gasteiger partial charge < -0.3 is 15.5 Å². The second-order valence-electron chi connectivity index (χ2n) is 10.0. The van der Waals surface area contributed by atoms with Crippen LogP contribution in [-0.2, 0) is 6.54 Å². The molecule has 2 aliphatic rings. The van der Waals surface area contributed by atoms with Crippen LogP contribution in [0.3, 0.4) is 0 Å². The van der Waals surface area contributed by atoms with Gasteiger partial charge in [0.1, 0.15) is 23.1 Å². The lowest BCUT2D eigenvalue weighted by Crippen LogP contribution is -2.33. The van der Waals surface area contributed by atoms with Crippen LogP contribution in [0.1, 0.15) is 13.3 Å². The van der Waals surface area contributed by atoms with E-state index in [0.717, 1.165) is 24.1 Å². The number of anilines is 1. The predicted molar refractivity (Wildman–Crippen MR) is 144 cm³/mol. The molecule has 4 heterocycles. The maximum Gasteiger partial charge on any atom is 0.275 e. The summed E-state index contributed by atoms with van der Waals surface area (Å²) in [6, 6.07) is 17.2. The minimum absolute atomic E-state index is 0.0479. The summed E-state index contributed by atoms with van der Waals surface area (Å²) in [7, 11) is 0. The molecule has 2 aliphatic heterocycles. The van der Waals surface area contributed by atoms with E-state index in [-0.39, 0.29) is 22.9 Å². The van der Waals surface area contributed by atoms with Gasteiger partial charge in [-0.2, -0.15) is 0 Å². The van der Waals surface area contributed by atoms with Gasteiger partial charge in [-0.3, -0.25) is 24.3 Å². The lowest BCUT2D eigenvalue weighted by atomic mass is 10.0. The van der Waals surface area contributed by atoms with Crippen molar-refractivity contribution >= 4 is 27.6 Å². The number of aromatic nitrogens is 4. The molecule has 3 aromatic carbocycles. The van der Waals surface area contributed by atoms with Crippen molar-refractivity contribution in [1.29, 1.82) is 0 Å². The highest BCUT2D eigenvalue weighted by Gasteiger charge is 2.31. The molecule has 0 spiro atoms. The van der Waals surface area contributed by atoms with Crippen LogP contribution < -0.4 is 21.6 Å². The highest BCUT2D eigenvalue weighted by atomic mass is 16.5. The van der Waals surface area contributed by atoms with Crippen molar-refractivity contribution in [2.45, 2.75) is 32.0 Å². The number of aromatic amines is 2. The second-order valence-corrected chi connectivity index (χ2v) is 10.0. The lowest BCUT2D eigenvalue weighted by Gasteiger charge is -2.21. The maximum absolute atomic E-state index is 13.4. The Labute approximate surface area is 211 Å². The fourth-order valence-corrected chi connectivity index (χ4v) is 5.71. The molecule has 3 atom stereocenters. The number of hydrogen-bond donors (Lipinski definition) is 3. The largest absolute Gasteiger partial charge is 0.487 e. The Morgan fingerprint density at radius 1 is 1.05 bits per heavy atom. The van der Waals surface area contributed by atoms with Crippen molar-refractivity contribution in [3.05, 3.63) is 75.3 Å². The topological polar surface area (TPSA) is 122 Å². The molecule has 1 fully saturated rings. The molecule has 9 nitrogen and oxygen atoms in total. The Morgan fingerprint density at radius 3 is 2.78 bits per heavy atom. The average Bonchev–Trinajstić information content (AvgIpc) is 3.40. The summed E-state index contributed by atoms with van der Waals surface area (Å²) >= 11 is 0. The molecule has 7 rings (SSSR count). The number of ether oxygens (including phenoxy) is 1. The third-order valence-corrected chi connectivity index (χ3v) is 7.59. The van der Waals surface area contributed by atoms with E-state index in [4.69, 9.17) is 15.5 Å². The first kappa shape index (κ1) is 21.9. The number of rotatable bonds is 1. The summed E-state index contributed by atoms with van der Waals surface area (Å²) in [5.41, 5.74) is 10.7. The molecule has 5 aromatic rings. The van der Waals surface area contributed by atoms with Crippen LogP contribution in [0.2, 0.25) is 0 Å². The number of hydrogen-bond acceptors (Lipinski definition) is 6. The van der Waals surface area contributed by atoms with E-state index in [1.54, 1.807) is 16.8 Å². The molecule has 37 heavy (non-hydrogen) atoms. The van der Waals surface area contributed by atoms with Crippen molar-refractivity contribution < 1.29 is 4.74 Å². The van der Waals surface area contributed by atoms with Gasteiger partial charge >= 0.3 is 0 Å². The van der Waals surface area contributed by atoms with Crippen molar-refractivity contribution in [3.8, 4) is 28.1 Å². The van der Waals surface area contributed by atoms with Crippen LogP contribution in [0.5, 0.6) is 5.75 Å². The Bertz CT molecular complexity index is 1820. The number of nitrogen functional groups attached to an aromatic ring is 1. The van der Waals surface area contributed by atoms with E-state index in [9.17, 15) is 9.59 Å². The van der Waals surface area contributed by atoms with Gasteiger partial charge in [0.05, 0.1) is 23.0 Å². The van der Waals surface area contributed by atoms with Crippen LogP contribution in [0, 0.1) is 0 Å². The predicted octanol–water partition coefficient (Wildman–Crippen LogP) is 3.34. The number of nitrogens with one attached hydrogen (secondary N) is 2. The van der Waals surface area contributed by atoms with Crippen LogP contribution in [-0.4, -0.2) is 49.9 Å². The van der Waals surface area contributed by atoms with Gasteiger partial charge in [-0.1, -0.05) is 24.3 Å². The number of H-pyrrole nitrogens is 2. The van der Waals surface area contributed by atoms with Gasteiger partial charge in [-0.25, -0.2) is 4.98 Å². The molecule has 0 saturated carbocycles. The van der Waals surface area contributed by atoms with E-state index in [0.29, 0.717) is 58.1 Å².